The van der Waals surface area contributed by atoms with Gasteiger partial charge in [0, 0.05) is 23.0 Å². The van der Waals surface area contributed by atoms with Crippen LogP contribution >= 0.6 is 0 Å². The first-order valence-corrected chi connectivity index (χ1v) is 6.37. The summed E-state index contributed by atoms with van der Waals surface area (Å²) in [6.45, 7) is 1.90. The molecule has 15 heavy (non-hydrogen) atoms. The fourth-order valence-corrected chi connectivity index (χ4v) is 2.75. The minimum atomic E-state index is -2.98. The van der Waals surface area contributed by atoms with E-state index in [9.17, 15) is 8.42 Å². The van der Waals surface area contributed by atoms with Crippen LogP contribution in [0, 0.1) is 6.92 Å². The summed E-state index contributed by atoms with van der Waals surface area (Å²) in [6.07, 6.45) is 3.37. The van der Waals surface area contributed by atoms with E-state index >= 15 is 0 Å². The van der Waals surface area contributed by atoms with Gasteiger partial charge in [-0.05, 0) is 19.1 Å². The molecule has 1 aliphatic rings. The van der Waals surface area contributed by atoms with E-state index in [2.05, 4.69) is 10.3 Å². The van der Waals surface area contributed by atoms with Crippen LogP contribution in [0.1, 0.15) is 5.69 Å². The van der Waals surface area contributed by atoms with E-state index in [0.29, 0.717) is 0 Å². The van der Waals surface area contributed by atoms with E-state index in [1.54, 1.807) is 12.3 Å². The molecule has 1 aliphatic heterocycles. The lowest BCUT2D eigenvalue weighted by molar-refractivity contribution is 0.605. The fourth-order valence-electron chi connectivity index (χ4n) is 1.52. The van der Waals surface area contributed by atoms with Crippen LogP contribution in [0.5, 0.6) is 0 Å². The molecule has 5 heteroatoms. The van der Waals surface area contributed by atoms with Gasteiger partial charge in [0.15, 0.2) is 9.84 Å². The number of sulfone groups is 1. The van der Waals surface area contributed by atoms with Gasteiger partial charge in [-0.1, -0.05) is 6.08 Å². The highest BCUT2D eigenvalue weighted by Gasteiger charge is 2.21. The topological polar surface area (TPSA) is 59.1 Å². The zero-order valence-electron chi connectivity index (χ0n) is 8.34. The highest BCUT2D eigenvalue weighted by Crippen LogP contribution is 2.15. The first-order chi connectivity index (χ1) is 7.05. The predicted molar refractivity (Wildman–Crippen MR) is 59.3 cm³/mol. The third-order valence-electron chi connectivity index (χ3n) is 2.18. The Morgan fingerprint density at radius 2 is 2.33 bits per heavy atom. The largest absolute Gasteiger partial charge is 0.378 e. The monoisotopic (exact) mass is 224 g/mol. The maximum Gasteiger partial charge on any atom is 0.173 e. The van der Waals surface area contributed by atoms with Gasteiger partial charge in [0.1, 0.15) is 0 Å². The Hall–Kier alpha value is -1.36. The first-order valence-electron chi connectivity index (χ1n) is 4.65. The third kappa shape index (κ3) is 2.56. The normalized spacial score (nSPS) is 22.9. The molecule has 0 radical (unpaired) electrons. The molecule has 0 fully saturated rings. The van der Waals surface area contributed by atoms with Crippen LogP contribution in [-0.2, 0) is 9.84 Å². The molecular weight excluding hydrogens is 212 g/mol. The summed E-state index contributed by atoms with van der Waals surface area (Å²) >= 11 is 0. The van der Waals surface area contributed by atoms with E-state index in [1.165, 1.54) is 5.41 Å². The molecule has 1 atom stereocenters. The van der Waals surface area contributed by atoms with E-state index in [0.717, 1.165) is 11.4 Å². The summed E-state index contributed by atoms with van der Waals surface area (Å²) in [5, 5.41) is 4.39. The summed E-state index contributed by atoms with van der Waals surface area (Å²) < 4.78 is 22.3. The van der Waals surface area contributed by atoms with Crippen LogP contribution in [0.25, 0.3) is 0 Å². The van der Waals surface area contributed by atoms with Crippen LogP contribution in [0.3, 0.4) is 0 Å². The second-order valence-corrected chi connectivity index (χ2v) is 5.53. The van der Waals surface area contributed by atoms with Crippen molar-refractivity contribution in [1.82, 2.24) is 4.98 Å². The van der Waals surface area contributed by atoms with Crippen molar-refractivity contribution in [1.29, 1.82) is 0 Å². The van der Waals surface area contributed by atoms with E-state index in [1.807, 2.05) is 19.1 Å². The van der Waals surface area contributed by atoms with Gasteiger partial charge in [0.25, 0.3) is 0 Å². The first kappa shape index (κ1) is 10.2. The van der Waals surface area contributed by atoms with Crippen molar-refractivity contribution in [2.24, 2.45) is 0 Å². The molecule has 0 saturated heterocycles. The van der Waals surface area contributed by atoms with Gasteiger partial charge in [-0.2, -0.15) is 0 Å². The Morgan fingerprint density at radius 3 is 2.93 bits per heavy atom. The summed E-state index contributed by atoms with van der Waals surface area (Å²) in [6, 6.07) is 3.58. The molecule has 1 N–H and O–H groups in total. The molecule has 2 heterocycles. The summed E-state index contributed by atoms with van der Waals surface area (Å²) in [5.41, 5.74) is 1.80. The van der Waals surface area contributed by atoms with Crippen molar-refractivity contribution in [3.63, 3.8) is 0 Å². The number of pyridine rings is 1. The molecule has 1 aromatic heterocycles. The van der Waals surface area contributed by atoms with Crippen molar-refractivity contribution in [2.45, 2.75) is 13.0 Å². The Kier molecular flexibility index (Phi) is 2.48. The number of aryl methyl sites for hydroxylation is 1. The zero-order chi connectivity index (χ0) is 10.9. The van der Waals surface area contributed by atoms with Gasteiger partial charge in [0.05, 0.1) is 11.8 Å². The Labute approximate surface area is 89.0 Å². The minimum absolute atomic E-state index is 0.128. The third-order valence-corrected chi connectivity index (χ3v) is 3.57. The molecule has 80 valence electrons. The van der Waals surface area contributed by atoms with Crippen LogP contribution in [-0.4, -0.2) is 25.2 Å². The SMILES string of the molecule is Cc1cc(NC2C=CS(=O)(=O)C2)ccn1. The predicted octanol–water partition coefficient (Wildman–Crippen LogP) is 1.11. The highest BCUT2D eigenvalue weighted by molar-refractivity contribution is 7.94. The zero-order valence-corrected chi connectivity index (χ0v) is 9.16. The van der Waals surface area contributed by atoms with Crippen molar-refractivity contribution < 1.29 is 8.42 Å². The van der Waals surface area contributed by atoms with Crippen molar-refractivity contribution in [3.05, 3.63) is 35.5 Å². The molecule has 4 nitrogen and oxygen atoms in total. The average Bonchev–Trinajstić information content (AvgIpc) is 2.45. The smallest absolute Gasteiger partial charge is 0.173 e. The Morgan fingerprint density at radius 1 is 1.53 bits per heavy atom. The van der Waals surface area contributed by atoms with Crippen molar-refractivity contribution >= 4 is 15.5 Å². The number of nitrogens with zero attached hydrogens (tertiary/aromatic N) is 1. The van der Waals surface area contributed by atoms with Gasteiger partial charge in [0.2, 0.25) is 0 Å². The quantitative estimate of drug-likeness (QED) is 0.817. The lowest BCUT2D eigenvalue weighted by Crippen LogP contribution is -2.20. The molecule has 1 aromatic rings. The van der Waals surface area contributed by atoms with Gasteiger partial charge < -0.3 is 5.32 Å². The van der Waals surface area contributed by atoms with Crippen LogP contribution in [0.2, 0.25) is 0 Å². The van der Waals surface area contributed by atoms with Gasteiger partial charge in [-0.3, -0.25) is 4.98 Å². The molecule has 0 aromatic carbocycles. The Bertz CT molecular complexity index is 494. The van der Waals surface area contributed by atoms with Crippen LogP contribution in [0.15, 0.2) is 29.8 Å². The second kappa shape index (κ2) is 3.66. The van der Waals surface area contributed by atoms with Crippen molar-refractivity contribution in [3.8, 4) is 0 Å². The van der Waals surface area contributed by atoms with E-state index in [4.69, 9.17) is 0 Å². The van der Waals surface area contributed by atoms with Crippen LogP contribution in [0.4, 0.5) is 5.69 Å². The summed E-state index contributed by atoms with van der Waals surface area (Å²) in [5.74, 6) is 0.133. The van der Waals surface area contributed by atoms with Gasteiger partial charge >= 0.3 is 0 Å². The number of nitrogens with one attached hydrogen (secondary N) is 1. The molecule has 0 aliphatic carbocycles. The van der Waals surface area contributed by atoms with E-state index in [-0.39, 0.29) is 11.8 Å². The molecular formula is C10H12N2O2S. The molecule has 0 spiro atoms. The van der Waals surface area contributed by atoms with Crippen LogP contribution < -0.4 is 5.32 Å². The summed E-state index contributed by atoms with van der Waals surface area (Å²) in [4.78, 5) is 4.07. The van der Waals surface area contributed by atoms with Gasteiger partial charge in [-0.15, -0.1) is 0 Å². The lowest BCUT2D eigenvalue weighted by Gasteiger charge is -2.11. The number of hydrogen-bond donors (Lipinski definition) is 1. The Balaban J connectivity index is 2.09. The number of hydrogen-bond acceptors (Lipinski definition) is 4. The minimum Gasteiger partial charge on any atom is -0.378 e. The highest BCUT2D eigenvalue weighted by atomic mass is 32.2. The average molecular weight is 224 g/mol. The number of aromatic nitrogens is 1. The summed E-state index contributed by atoms with van der Waals surface area (Å²) in [7, 11) is -2.98. The molecule has 2 rings (SSSR count). The maximum atomic E-state index is 11.2. The maximum absolute atomic E-state index is 11.2. The second-order valence-electron chi connectivity index (χ2n) is 3.59. The van der Waals surface area contributed by atoms with E-state index < -0.39 is 9.84 Å². The lowest BCUT2D eigenvalue weighted by atomic mass is 10.3. The standard InChI is InChI=1S/C10H12N2O2S/c1-8-6-9(2-4-11-8)12-10-3-5-15(13,14)7-10/h2-6,10H,7H2,1H3,(H,11,12). The molecule has 0 bridgehead atoms. The number of anilines is 1. The molecule has 1 unspecified atom stereocenters. The molecule has 0 amide bonds. The molecule has 0 saturated carbocycles. The fraction of sp³-hybridized carbons (Fsp3) is 0.300. The number of rotatable bonds is 2. The van der Waals surface area contributed by atoms with Crippen molar-refractivity contribution in [2.75, 3.05) is 11.1 Å². The van der Waals surface area contributed by atoms with Gasteiger partial charge in [-0.25, -0.2) is 8.42 Å².